The van der Waals surface area contributed by atoms with Crippen molar-refractivity contribution in [2.45, 2.75) is 78.7 Å². The van der Waals surface area contributed by atoms with Gasteiger partial charge in [-0.1, -0.05) is 46.7 Å². The number of nitrogens with zero attached hydrogens (tertiary/aromatic N) is 2. The van der Waals surface area contributed by atoms with Gasteiger partial charge in [0.15, 0.2) is 5.82 Å². The zero-order valence-corrected chi connectivity index (χ0v) is 14.4. The van der Waals surface area contributed by atoms with Gasteiger partial charge >= 0.3 is 0 Å². The Kier molecular flexibility index (Phi) is 4.48. The van der Waals surface area contributed by atoms with Crippen molar-refractivity contribution in [3.63, 3.8) is 0 Å². The highest BCUT2D eigenvalue weighted by atomic mass is 16.5. The lowest BCUT2D eigenvalue weighted by Gasteiger charge is -2.38. The summed E-state index contributed by atoms with van der Waals surface area (Å²) in [5.74, 6) is 2.64. The number of hydrogen-bond acceptors (Lipinski definition) is 4. The first-order valence-electron chi connectivity index (χ1n) is 8.18. The van der Waals surface area contributed by atoms with Crippen molar-refractivity contribution in [2.75, 3.05) is 0 Å². The molecule has 1 aromatic heterocycles. The molecule has 0 bridgehead atoms. The third-order valence-electron chi connectivity index (χ3n) is 4.89. The Morgan fingerprint density at radius 1 is 1.05 bits per heavy atom. The Morgan fingerprint density at radius 2 is 1.62 bits per heavy atom. The van der Waals surface area contributed by atoms with Gasteiger partial charge < -0.3 is 10.3 Å². The molecule has 1 unspecified atom stereocenters. The first-order chi connectivity index (χ1) is 9.59. The summed E-state index contributed by atoms with van der Waals surface area (Å²) in [7, 11) is 0. The smallest absolute Gasteiger partial charge is 0.232 e. The molecule has 1 saturated carbocycles. The van der Waals surface area contributed by atoms with E-state index in [1.807, 2.05) is 0 Å². The van der Waals surface area contributed by atoms with Crippen LogP contribution in [0.2, 0.25) is 0 Å². The molecule has 0 spiro atoms. The molecule has 4 heteroatoms. The second kappa shape index (κ2) is 5.71. The Hall–Kier alpha value is -0.900. The molecule has 1 atom stereocenters. The molecule has 1 aromatic rings. The third-order valence-corrected chi connectivity index (χ3v) is 4.89. The molecule has 1 heterocycles. The number of rotatable bonds is 2. The van der Waals surface area contributed by atoms with Crippen LogP contribution in [0, 0.1) is 17.3 Å². The van der Waals surface area contributed by atoms with E-state index >= 15 is 0 Å². The van der Waals surface area contributed by atoms with Crippen LogP contribution in [0.4, 0.5) is 0 Å². The second-order valence-corrected chi connectivity index (χ2v) is 8.71. The largest absolute Gasteiger partial charge is 0.339 e. The van der Waals surface area contributed by atoms with Crippen molar-refractivity contribution >= 4 is 0 Å². The summed E-state index contributed by atoms with van der Waals surface area (Å²) < 4.78 is 5.38. The Labute approximate surface area is 128 Å². The summed E-state index contributed by atoms with van der Waals surface area (Å²) in [6.45, 7) is 13.2. The van der Waals surface area contributed by atoms with Crippen LogP contribution in [-0.2, 0) is 5.41 Å². The minimum Gasteiger partial charge on any atom is -0.339 e. The van der Waals surface area contributed by atoms with Gasteiger partial charge in [-0.25, -0.2) is 0 Å². The van der Waals surface area contributed by atoms with E-state index in [9.17, 15) is 0 Å². The van der Waals surface area contributed by atoms with Gasteiger partial charge in [-0.2, -0.15) is 4.98 Å². The number of hydrogen-bond donors (Lipinski definition) is 1. The lowest BCUT2D eigenvalue weighted by atomic mass is 9.68. The topological polar surface area (TPSA) is 64.9 Å². The standard InChI is InChI=1S/C17H31N3O/c1-16(2,3)12-9-7-11(8-10-12)13(18)14-19-15(21-20-14)17(4,5)6/h11-13H,7-10,18H2,1-6H3. The van der Waals surface area contributed by atoms with Gasteiger partial charge in [-0.05, 0) is 42.9 Å². The minimum absolute atomic E-state index is 0.0919. The molecule has 0 aliphatic heterocycles. The zero-order valence-electron chi connectivity index (χ0n) is 14.4. The quantitative estimate of drug-likeness (QED) is 0.886. The molecule has 1 aliphatic carbocycles. The van der Waals surface area contributed by atoms with E-state index in [-0.39, 0.29) is 11.5 Å². The average Bonchev–Trinajstić information content (AvgIpc) is 2.86. The molecular formula is C17H31N3O. The van der Waals surface area contributed by atoms with Crippen LogP contribution in [0.5, 0.6) is 0 Å². The summed E-state index contributed by atoms with van der Waals surface area (Å²) in [6, 6.07) is -0.0919. The fourth-order valence-corrected chi connectivity index (χ4v) is 3.23. The summed E-state index contributed by atoms with van der Waals surface area (Å²) in [6.07, 6.45) is 4.85. The predicted octanol–water partition coefficient (Wildman–Crippen LogP) is 4.22. The summed E-state index contributed by atoms with van der Waals surface area (Å²) >= 11 is 0. The van der Waals surface area contributed by atoms with Crippen molar-refractivity contribution in [1.82, 2.24) is 10.1 Å². The maximum atomic E-state index is 6.40. The van der Waals surface area contributed by atoms with Gasteiger partial charge in [0.25, 0.3) is 0 Å². The molecule has 0 saturated heterocycles. The Bertz CT molecular complexity index is 459. The molecule has 21 heavy (non-hydrogen) atoms. The van der Waals surface area contributed by atoms with Crippen LogP contribution in [0.3, 0.4) is 0 Å². The van der Waals surface area contributed by atoms with Crippen LogP contribution < -0.4 is 5.73 Å². The molecule has 1 aliphatic rings. The fourth-order valence-electron chi connectivity index (χ4n) is 3.23. The van der Waals surface area contributed by atoms with Gasteiger partial charge in [0, 0.05) is 5.41 Å². The van der Waals surface area contributed by atoms with Crippen LogP contribution in [-0.4, -0.2) is 10.1 Å². The molecular weight excluding hydrogens is 262 g/mol. The zero-order chi connectivity index (χ0) is 15.8. The molecule has 0 amide bonds. The van der Waals surface area contributed by atoms with Crippen LogP contribution >= 0.6 is 0 Å². The van der Waals surface area contributed by atoms with Gasteiger partial charge in [-0.15, -0.1) is 0 Å². The number of nitrogens with two attached hydrogens (primary N) is 1. The van der Waals surface area contributed by atoms with Gasteiger partial charge in [-0.3, -0.25) is 0 Å². The van der Waals surface area contributed by atoms with E-state index in [0.29, 0.717) is 23.0 Å². The van der Waals surface area contributed by atoms with E-state index in [1.54, 1.807) is 0 Å². The highest BCUT2D eigenvalue weighted by molar-refractivity contribution is 5.02. The van der Waals surface area contributed by atoms with Crippen LogP contribution in [0.15, 0.2) is 4.52 Å². The molecule has 2 N–H and O–H groups in total. The maximum Gasteiger partial charge on any atom is 0.232 e. The van der Waals surface area contributed by atoms with E-state index in [2.05, 4.69) is 51.7 Å². The van der Waals surface area contributed by atoms with Crippen molar-refractivity contribution in [3.05, 3.63) is 11.7 Å². The summed E-state index contributed by atoms with van der Waals surface area (Å²) in [4.78, 5) is 4.52. The summed E-state index contributed by atoms with van der Waals surface area (Å²) in [5.41, 5.74) is 6.68. The highest BCUT2D eigenvalue weighted by Gasteiger charge is 2.34. The molecule has 4 nitrogen and oxygen atoms in total. The van der Waals surface area contributed by atoms with Crippen molar-refractivity contribution < 1.29 is 4.52 Å². The minimum atomic E-state index is -0.116. The highest BCUT2D eigenvalue weighted by Crippen LogP contribution is 2.42. The molecule has 2 rings (SSSR count). The molecule has 0 radical (unpaired) electrons. The average molecular weight is 293 g/mol. The van der Waals surface area contributed by atoms with Crippen LogP contribution in [0.25, 0.3) is 0 Å². The lowest BCUT2D eigenvalue weighted by molar-refractivity contribution is 0.138. The first kappa shape index (κ1) is 16.5. The van der Waals surface area contributed by atoms with E-state index in [1.165, 1.54) is 25.7 Å². The maximum absolute atomic E-state index is 6.40. The van der Waals surface area contributed by atoms with Crippen LogP contribution in [0.1, 0.15) is 85.0 Å². The lowest BCUT2D eigenvalue weighted by Crippen LogP contribution is -2.31. The third kappa shape index (κ3) is 3.85. The summed E-state index contributed by atoms with van der Waals surface area (Å²) in [5, 5.41) is 4.11. The first-order valence-corrected chi connectivity index (χ1v) is 8.18. The van der Waals surface area contributed by atoms with Gasteiger partial charge in [0.05, 0.1) is 6.04 Å². The molecule has 120 valence electrons. The van der Waals surface area contributed by atoms with E-state index in [0.717, 1.165) is 5.92 Å². The fraction of sp³-hybridized carbons (Fsp3) is 0.882. The monoisotopic (exact) mass is 293 g/mol. The van der Waals surface area contributed by atoms with Crippen molar-refractivity contribution in [2.24, 2.45) is 23.0 Å². The van der Waals surface area contributed by atoms with Gasteiger partial charge in [0.1, 0.15) is 0 Å². The van der Waals surface area contributed by atoms with Crippen molar-refractivity contribution in [1.29, 1.82) is 0 Å². The van der Waals surface area contributed by atoms with Crippen molar-refractivity contribution in [3.8, 4) is 0 Å². The molecule has 1 fully saturated rings. The predicted molar refractivity (Wildman–Crippen MR) is 84.8 cm³/mol. The second-order valence-electron chi connectivity index (χ2n) is 8.71. The normalized spacial score (nSPS) is 25.9. The Balaban J connectivity index is 1.99. The SMILES string of the molecule is CC(C)(C)c1nc(C(N)C2CCC(C(C)(C)C)CC2)no1. The van der Waals surface area contributed by atoms with E-state index < -0.39 is 0 Å². The van der Waals surface area contributed by atoms with Gasteiger partial charge in [0.2, 0.25) is 5.89 Å². The Morgan fingerprint density at radius 3 is 2.05 bits per heavy atom. The van der Waals surface area contributed by atoms with E-state index in [4.69, 9.17) is 10.3 Å². The molecule has 0 aromatic carbocycles. The number of aromatic nitrogens is 2.